The molecular formula is C21H27N3O3. The van der Waals surface area contributed by atoms with Gasteiger partial charge in [0.15, 0.2) is 0 Å². The average Bonchev–Trinajstić information content (AvgIpc) is 2.95. The highest BCUT2D eigenvalue weighted by Gasteiger charge is 2.25. The number of aliphatic carboxylic acids is 1. The average molecular weight is 369 g/mol. The number of para-hydroxylation sites is 1. The van der Waals surface area contributed by atoms with E-state index in [0.717, 1.165) is 42.0 Å². The third-order valence-electron chi connectivity index (χ3n) is 5.41. The van der Waals surface area contributed by atoms with Gasteiger partial charge in [-0.05, 0) is 51.2 Å². The number of nitrogens with zero attached hydrogens (tertiary/aromatic N) is 3. The summed E-state index contributed by atoms with van der Waals surface area (Å²) in [6.07, 6.45) is 3.10. The van der Waals surface area contributed by atoms with Crippen molar-refractivity contribution in [2.24, 2.45) is 5.92 Å². The van der Waals surface area contributed by atoms with Crippen molar-refractivity contribution in [2.45, 2.75) is 46.0 Å². The zero-order chi connectivity index (χ0) is 19.4. The molecule has 1 aliphatic heterocycles. The lowest BCUT2D eigenvalue weighted by molar-refractivity contribution is -0.137. The van der Waals surface area contributed by atoms with E-state index in [4.69, 9.17) is 5.11 Å². The Bertz CT molecular complexity index is 814. The molecule has 1 fully saturated rings. The fourth-order valence-electron chi connectivity index (χ4n) is 3.87. The molecular weight excluding hydrogens is 342 g/mol. The van der Waals surface area contributed by atoms with Gasteiger partial charge in [-0.2, -0.15) is 5.10 Å². The van der Waals surface area contributed by atoms with Gasteiger partial charge in [0.2, 0.25) is 5.91 Å². The summed E-state index contributed by atoms with van der Waals surface area (Å²) in [6, 6.07) is 9.92. The number of carboxylic acid groups (broad SMARTS) is 1. The second kappa shape index (κ2) is 8.37. The largest absolute Gasteiger partial charge is 0.481 e. The van der Waals surface area contributed by atoms with Crippen molar-refractivity contribution in [3.63, 3.8) is 0 Å². The highest BCUT2D eigenvalue weighted by molar-refractivity contribution is 5.79. The number of aromatic nitrogens is 2. The molecule has 6 nitrogen and oxygen atoms in total. The van der Waals surface area contributed by atoms with Gasteiger partial charge in [0.1, 0.15) is 0 Å². The van der Waals surface area contributed by atoms with Crippen LogP contribution in [0.5, 0.6) is 0 Å². The van der Waals surface area contributed by atoms with E-state index in [-0.39, 0.29) is 18.2 Å². The van der Waals surface area contributed by atoms with Gasteiger partial charge in [0.25, 0.3) is 0 Å². The molecule has 0 bridgehead atoms. The maximum Gasteiger partial charge on any atom is 0.303 e. The predicted molar refractivity (Wildman–Crippen MR) is 103 cm³/mol. The Morgan fingerprint density at radius 2 is 1.96 bits per heavy atom. The first-order valence-electron chi connectivity index (χ1n) is 9.55. The first kappa shape index (κ1) is 19.1. The Balaban J connectivity index is 1.69. The lowest BCUT2D eigenvalue weighted by atomic mass is 9.93. The Kier molecular flexibility index (Phi) is 5.94. The molecule has 0 aliphatic carbocycles. The van der Waals surface area contributed by atoms with Crippen molar-refractivity contribution < 1.29 is 14.7 Å². The van der Waals surface area contributed by atoms with Gasteiger partial charge in [0.05, 0.1) is 17.8 Å². The van der Waals surface area contributed by atoms with Gasteiger partial charge in [-0.1, -0.05) is 18.2 Å². The lowest BCUT2D eigenvalue weighted by Crippen LogP contribution is -2.41. The number of carbonyl (C=O) groups is 2. The standard InChI is InChI=1S/C21H27N3O3/c1-15-19(16(2)24(22-15)18-8-4-3-5-9-18)13-20(25)23-12-6-7-17(14-23)10-11-21(26)27/h3-5,8-9,17H,6-7,10-14H2,1-2H3,(H,26,27). The van der Waals surface area contributed by atoms with Gasteiger partial charge >= 0.3 is 5.97 Å². The van der Waals surface area contributed by atoms with Gasteiger partial charge in [0, 0.05) is 30.8 Å². The normalized spacial score (nSPS) is 17.1. The molecule has 0 saturated carbocycles. The van der Waals surface area contributed by atoms with Crippen LogP contribution in [-0.2, 0) is 16.0 Å². The predicted octanol–water partition coefficient (Wildman–Crippen LogP) is 3.14. The van der Waals surface area contributed by atoms with Crippen molar-refractivity contribution in [1.29, 1.82) is 0 Å². The lowest BCUT2D eigenvalue weighted by Gasteiger charge is -2.32. The van der Waals surface area contributed by atoms with Gasteiger partial charge in [-0.3, -0.25) is 9.59 Å². The molecule has 1 aromatic carbocycles. The van der Waals surface area contributed by atoms with E-state index in [1.165, 1.54) is 0 Å². The van der Waals surface area contributed by atoms with E-state index in [2.05, 4.69) is 5.10 Å². The van der Waals surface area contributed by atoms with Crippen LogP contribution in [0.2, 0.25) is 0 Å². The number of carboxylic acids is 1. The van der Waals surface area contributed by atoms with E-state index in [9.17, 15) is 9.59 Å². The molecule has 3 rings (SSSR count). The fourth-order valence-corrected chi connectivity index (χ4v) is 3.87. The molecule has 1 unspecified atom stereocenters. The Labute approximate surface area is 159 Å². The molecule has 6 heteroatoms. The Hall–Kier alpha value is -2.63. The maximum atomic E-state index is 12.9. The summed E-state index contributed by atoms with van der Waals surface area (Å²) >= 11 is 0. The molecule has 1 aromatic heterocycles. The number of hydrogen-bond acceptors (Lipinski definition) is 3. The summed E-state index contributed by atoms with van der Waals surface area (Å²) in [7, 11) is 0. The molecule has 1 saturated heterocycles. The smallest absolute Gasteiger partial charge is 0.303 e. The second-order valence-corrected chi connectivity index (χ2v) is 7.35. The van der Waals surface area contributed by atoms with Crippen molar-refractivity contribution in [2.75, 3.05) is 13.1 Å². The van der Waals surface area contributed by atoms with Crippen LogP contribution in [0.1, 0.15) is 42.6 Å². The molecule has 144 valence electrons. The zero-order valence-corrected chi connectivity index (χ0v) is 16.0. The summed E-state index contributed by atoms with van der Waals surface area (Å²) < 4.78 is 1.89. The molecule has 1 atom stereocenters. The minimum absolute atomic E-state index is 0.105. The van der Waals surface area contributed by atoms with Crippen LogP contribution in [-0.4, -0.2) is 44.8 Å². The minimum Gasteiger partial charge on any atom is -0.481 e. The second-order valence-electron chi connectivity index (χ2n) is 7.35. The molecule has 2 aromatic rings. The first-order chi connectivity index (χ1) is 13.0. The summed E-state index contributed by atoms with van der Waals surface area (Å²) in [5.41, 5.74) is 3.84. The highest BCUT2D eigenvalue weighted by atomic mass is 16.4. The van der Waals surface area contributed by atoms with E-state index in [0.29, 0.717) is 19.4 Å². The Morgan fingerprint density at radius 3 is 2.67 bits per heavy atom. The summed E-state index contributed by atoms with van der Waals surface area (Å²) in [6.45, 7) is 5.37. The van der Waals surface area contributed by atoms with Gasteiger partial charge < -0.3 is 10.0 Å². The van der Waals surface area contributed by atoms with Gasteiger partial charge in [-0.15, -0.1) is 0 Å². The summed E-state index contributed by atoms with van der Waals surface area (Å²) in [5.74, 6) is -0.375. The zero-order valence-electron chi connectivity index (χ0n) is 16.0. The fraction of sp³-hybridized carbons (Fsp3) is 0.476. The van der Waals surface area contributed by atoms with E-state index in [1.54, 1.807) is 0 Å². The molecule has 2 heterocycles. The third-order valence-corrected chi connectivity index (χ3v) is 5.41. The van der Waals surface area contributed by atoms with E-state index >= 15 is 0 Å². The van der Waals surface area contributed by atoms with Crippen molar-refractivity contribution >= 4 is 11.9 Å². The van der Waals surface area contributed by atoms with Crippen LogP contribution in [0, 0.1) is 19.8 Å². The quantitative estimate of drug-likeness (QED) is 0.849. The number of piperidine rings is 1. The Morgan fingerprint density at radius 1 is 1.22 bits per heavy atom. The SMILES string of the molecule is Cc1nn(-c2ccccc2)c(C)c1CC(=O)N1CCCC(CCC(=O)O)C1. The number of likely N-dealkylation sites (tertiary alicyclic amines) is 1. The van der Waals surface area contributed by atoms with Crippen molar-refractivity contribution in [1.82, 2.24) is 14.7 Å². The number of aryl methyl sites for hydroxylation is 1. The topological polar surface area (TPSA) is 75.4 Å². The van der Waals surface area contributed by atoms with E-state index in [1.807, 2.05) is 53.8 Å². The number of amides is 1. The third kappa shape index (κ3) is 4.56. The summed E-state index contributed by atoms with van der Waals surface area (Å²) in [4.78, 5) is 25.6. The molecule has 1 N–H and O–H groups in total. The number of benzene rings is 1. The van der Waals surface area contributed by atoms with Crippen molar-refractivity contribution in [3.8, 4) is 5.69 Å². The maximum absolute atomic E-state index is 12.9. The minimum atomic E-state index is -0.766. The van der Waals surface area contributed by atoms with Crippen LogP contribution >= 0.6 is 0 Å². The molecule has 1 amide bonds. The molecule has 0 spiro atoms. The first-order valence-corrected chi connectivity index (χ1v) is 9.55. The van der Waals surface area contributed by atoms with Crippen LogP contribution in [0.4, 0.5) is 0 Å². The van der Waals surface area contributed by atoms with Crippen LogP contribution < -0.4 is 0 Å². The monoisotopic (exact) mass is 369 g/mol. The van der Waals surface area contributed by atoms with Crippen LogP contribution in [0.15, 0.2) is 30.3 Å². The molecule has 27 heavy (non-hydrogen) atoms. The van der Waals surface area contributed by atoms with E-state index < -0.39 is 5.97 Å². The van der Waals surface area contributed by atoms with Crippen LogP contribution in [0.3, 0.4) is 0 Å². The number of hydrogen-bond donors (Lipinski definition) is 1. The number of carbonyl (C=O) groups excluding carboxylic acids is 1. The number of rotatable bonds is 6. The highest BCUT2D eigenvalue weighted by Crippen LogP contribution is 2.23. The summed E-state index contributed by atoms with van der Waals surface area (Å²) in [5, 5.41) is 13.5. The van der Waals surface area contributed by atoms with Crippen LogP contribution in [0.25, 0.3) is 5.69 Å². The van der Waals surface area contributed by atoms with Crippen molar-refractivity contribution in [3.05, 3.63) is 47.3 Å². The molecule has 0 radical (unpaired) electrons. The van der Waals surface area contributed by atoms with Gasteiger partial charge in [-0.25, -0.2) is 4.68 Å². The molecule has 1 aliphatic rings.